The van der Waals surface area contributed by atoms with Crippen molar-refractivity contribution < 1.29 is 4.58 Å². The van der Waals surface area contributed by atoms with Crippen molar-refractivity contribution >= 4 is 5.84 Å². The first-order valence-corrected chi connectivity index (χ1v) is 12.8. The fourth-order valence-electron chi connectivity index (χ4n) is 4.54. The number of nitrogens with zero attached hydrogens (tertiary/aromatic N) is 2. The van der Waals surface area contributed by atoms with Crippen molar-refractivity contribution in [3.8, 4) is 0 Å². The lowest BCUT2D eigenvalue weighted by atomic mass is 10.1. The lowest BCUT2D eigenvalue weighted by Gasteiger charge is -2.24. The molecule has 0 fully saturated rings. The summed E-state index contributed by atoms with van der Waals surface area (Å²) in [5.74, 6) is 1.42. The average molecular weight is 462 g/mol. The molecule has 0 aliphatic heterocycles. The third-order valence-corrected chi connectivity index (χ3v) is 6.35. The molecule has 4 aromatic rings. The maximum atomic E-state index is 2.60. The largest absolute Gasteiger partial charge is 0.257 e. The maximum Gasteiger partial charge on any atom is 0.247 e. The first-order valence-electron chi connectivity index (χ1n) is 12.8. The van der Waals surface area contributed by atoms with Gasteiger partial charge in [-0.3, -0.25) is 9.48 Å². The summed E-state index contributed by atoms with van der Waals surface area (Å²) in [5.41, 5.74) is 5.38. The number of unbranched alkanes of at least 4 members (excludes halogenated alkanes) is 1. The number of benzene rings is 4. The van der Waals surface area contributed by atoms with Gasteiger partial charge in [0.25, 0.3) is 0 Å². The van der Waals surface area contributed by atoms with Gasteiger partial charge in [-0.25, -0.2) is 0 Å². The Hall–Kier alpha value is -3.65. The van der Waals surface area contributed by atoms with Gasteiger partial charge < -0.3 is 0 Å². The predicted molar refractivity (Wildman–Crippen MR) is 147 cm³/mol. The van der Waals surface area contributed by atoms with Crippen LogP contribution in [0.1, 0.15) is 48.4 Å². The van der Waals surface area contributed by atoms with Crippen molar-refractivity contribution in [2.45, 2.75) is 52.4 Å². The fraction of sp³-hybridized carbons (Fsp3) is 0.242. The van der Waals surface area contributed by atoms with E-state index in [0.717, 1.165) is 32.6 Å². The molecule has 4 rings (SSSR count). The van der Waals surface area contributed by atoms with Crippen molar-refractivity contribution in [3.05, 3.63) is 144 Å². The molecule has 0 saturated carbocycles. The Morgan fingerprint density at radius 3 is 1.29 bits per heavy atom. The van der Waals surface area contributed by atoms with E-state index >= 15 is 0 Å². The van der Waals surface area contributed by atoms with Crippen LogP contribution in [0.2, 0.25) is 0 Å². The molecule has 2 heteroatoms. The molecular weight excluding hydrogens is 424 g/mol. The number of hydrogen-bond acceptors (Lipinski definition) is 0. The molecule has 0 N–H and O–H groups in total. The van der Waals surface area contributed by atoms with Gasteiger partial charge in [0.1, 0.15) is 26.2 Å². The molecule has 2 nitrogen and oxygen atoms in total. The van der Waals surface area contributed by atoms with Crippen LogP contribution in [0, 0.1) is 0 Å². The highest BCUT2D eigenvalue weighted by molar-refractivity contribution is 5.77. The topological polar surface area (TPSA) is 6.25 Å². The molecule has 178 valence electrons. The van der Waals surface area contributed by atoms with Gasteiger partial charge in [-0.15, -0.1) is 0 Å². The molecule has 0 bridgehead atoms. The summed E-state index contributed by atoms with van der Waals surface area (Å²) in [4.78, 5) is 2.60. The lowest BCUT2D eigenvalue weighted by Crippen LogP contribution is -2.37. The van der Waals surface area contributed by atoms with Crippen LogP contribution in [0.3, 0.4) is 0 Å². The smallest absolute Gasteiger partial charge is 0.247 e. The summed E-state index contributed by atoms with van der Waals surface area (Å²) in [6.45, 7) is 5.88. The molecule has 0 amide bonds. The van der Waals surface area contributed by atoms with Crippen LogP contribution in [0.5, 0.6) is 0 Å². The highest BCUT2D eigenvalue weighted by atomic mass is 15.2. The van der Waals surface area contributed by atoms with E-state index in [1.54, 1.807) is 0 Å². The van der Waals surface area contributed by atoms with Crippen LogP contribution in [0.4, 0.5) is 0 Å². The Bertz CT molecular complexity index is 1070. The monoisotopic (exact) mass is 461 g/mol. The summed E-state index contributed by atoms with van der Waals surface area (Å²) in [7, 11) is 0. The van der Waals surface area contributed by atoms with Gasteiger partial charge >= 0.3 is 0 Å². The van der Waals surface area contributed by atoms with Gasteiger partial charge in [-0.2, -0.15) is 0 Å². The second kappa shape index (κ2) is 13.3. The van der Waals surface area contributed by atoms with E-state index in [4.69, 9.17) is 0 Å². The van der Waals surface area contributed by atoms with Crippen LogP contribution in [0.25, 0.3) is 0 Å². The van der Waals surface area contributed by atoms with Crippen LogP contribution in [-0.2, 0) is 26.2 Å². The van der Waals surface area contributed by atoms with Crippen LogP contribution >= 0.6 is 0 Å². The first kappa shape index (κ1) is 24.5. The zero-order valence-corrected chi connectivity index (χ0v) is 20.9. The third-order valence-electron chi connectivity index (χ3n) is 6.35. The Kier molecular flexibility index (Phi) is 9.29. The Morgan fingerprint density at radius 1 is 0.543 bits per heavy atom. The van der Waals surface area contributed by atoms with Crippen LogP contribution in [0.15, 0.2) is 121 Å². The molecule has 0 atom stereocenters. The predicted octanol–water partition coefficient (Wildman–Crippen LogP) is 7.69. The van der Waals surface area contributed by atoms with E-state index < -0.39 is 0 Å². The zero-order valence-electron chi connectivity index (χ0n) is 20.9. The summed E-state index contributed by atoms with van der Waals surface area (Å²) in [6, 6.07) is 43.5. The van der Waals surface area contributed by atoms with E-state index in [2.05, 4.69) is 138 Å². The van der Waals surface area contributed by atoms with Crippen molar-refractivity contribution in [1.82, 2.24) is 4.90 Å². The number of amidine groups is 1. The minimum atomic E-state index is 0.898. The highest BCUT2D eigenvalue weighted by Crippen LogP contribution is 2.17. The van der Waals surface area contributed by atoms with Gasteiger partial charge in [-0.1, -0.05) is 135 Å². The van der Waals surface area contributed by atoms with E-state index in [0.29, 0.717) is 0 Å². The van der Waals surface area contributed by atoms with E-state index in [1.165, 1.54) is 40.9 Å². The molecule has 0 radical (unpaired) electrons. The molecule has 0 aliphatic carbocycles. The van der Waals surface area contributed by atoms with Gasteiger partial charge in [0, 0.05) is 6.42 Å². The van der Waals surface area contributed by atoms with Crippen LogP contribution < -0.4 is 0 Å². The van der Waals surface area contributed by atoms with E-state index in [9.17, 15) is 0 Å². The molecular formula is C33H37N2+. The number of hydrogen-bond donors (Lipinski definition) is 0. The van der Waals surface area contributed by atoms with E-state index in [-0.39, 0.29) is 0 Å². The minimum Gasteiger partial charge on any atom is -0.257 e. The Morgan fingerprint density at radius 2 is 0.914 bits per heavy atom. The zero-order chi connectivity index (χ0) is 24.1. The summed E-state index contributed by atoms with van der Waals surface area (Å²) < 4.78 is 2.60. The van der Waals surface area contributed by atoms with Crippen molar-refractivity contribution in [2.24, 2.45) is 0 Å². The quantitative estimate of drug-likeness (QED) is 0.126. The Balaban J connectivity index is 1.78. The maximum absolute atomic E-state index is 2.60. The standard InChI is InChI=1S/C33H37N2/c1-2-3-24-33(34(25-29-16-8-4-9-17-29)26-30-18-10-5-11-19-30)35(27-31-20-12-6-13-21-31)28-32-22-14-7-15-23-32/h4-23H,2-3,24-28H2,1H3/q+1. The average Bonchev–Trinajstić information content (AvgIpc) is 2.91. The first-order chi connectivity index (χ1) is 17.3. The fourth-order valence-corrected chi connectivity index (χ4v) is 4.54. The second-order valence-electron chi connectivity index (χ2n) is 9.17. The SMILES string of the molecule is CCCCC(N(Cc1ccccc1)Cc1ccccc1)=[N+](Cc1ccccc1)Cc1ccccc1. The molecule has 0 heterocycles. The van der Waals surface area contributed by atoms with Gasteiger partial charge in [0.2, 0.25) is 5.84 Å². The van der Waals surface area contributed by atoms with Crippen molar-refractivity contribution in [3.63, 3.8) is 0 Å². The van der Waals surface area contributed by atoms with Crippen molar-refractivity contribution in [2.75, 3.05) is 0 Å². The molecule has 0 spiro atoms. The molecule has 0 aromatic heterocycles. The van der Waals surface area contributed by atoms with Crippen molar-refractivity contribution in [1.29, 1.82) is 0 Å². The summed E-state index contributed by atoms with van der Waals surface area (Å²) >= 11 is 0. The van der Waals surface area contributed by atoms with E-state index in [1.807, 2.05) is 0 Å². The third kappa shape index (κ3) is 7.68. The molecule has 4 aromatic carbocycles. The second-order valence-corrected chi connectivity index (χ2v) is 9.17. The molecule has 0 saturated heterocycles. The number of rotatable bonds is 11. The molecule has 35 heavy (non-hydrogen) atoms. The highest BCUT2D eigenvalue weighted by Gasteiger charge is 2.24. The molecule has 0 aliphatic rings. The van der Waals surface area contributed by atoms with Gasteiger partial charge in [0.15, 0.2) is 0 Å². The normalized spacial score (nSPS) is 10.7. The van der Waals surface area contributed by atoms with Gasteiger partial charge in [0.05, 0.1) is 0 Å². The summed E-state index contributed by atoms with van der Waals surface area (Å²) in [6.07, 6.45) is 3.42. The van der Waals surface area contributed by atoms with Gasteiger partial charge in [-0.05, 0) is 28.7 Å². The molecule has 0 unspecified atom stereocenters. The minimum absolute atomic E-state index is 0.898. The summed E-state index contributed by atoms with van der Waals surface area (Å²) in [5, 5.41) is 0. The lowest BCUT2D eigenvalue weighted by molar-refractivity contribution is -0.566. The Labute approximate surface area is 211 Å². The van der Waals surface area contributed by atoms with Crippen LogP contribution in [-0.4, -0.2) is 15.3 Å².